The number of allylic oxidation sites excluding steroid dienone is 1. The number of hydrogen-bond donors (Lipinski definition) is 3. The Bertz CT molecular complexity index is 643. The van der Waals surface area contributed by atoms with Crippen LogP contribution in [0.15, 0.2) is 29.9 Å². The van der Waals surface area contributed by atoms with Crippen molar-refractivity contribution in [1.82, 2.24) is 10.7 Å². The minimum atomic E-state index is -0.887. The maximum atomic E-state index is 11.6. The van der Waals surface area contributed by atoms with Crippen LogP contribution in [0, 0.1) is 0 Å². The van der Waals surface area contributed by atoms with Gasteiger partial charge in [0.1, 0.15) is 0 Å². The molecule has 3 N–H and O–H groups in total. The maximum absolute atomic E-state index is 11.6. The SMILES string of the molecule is C=CCc1cc(/C=N/NC(=O)C(=O)NCCOC)cc(OCC)c1O. The molecule has 2 amide bonds. The van der Waals surface area contributed by atoms with Gasteiger partial charge in [0.25, 0.3) is 0 Å². The van der Waals surface area contributed by atoms with Crippen molar-refractivity contribution in [1.29, 1.82) is 0 Å². The second kappa shape index (κ2) is 10.8. The Morgan fingerprint density at radius 1 is 1.36 bits per heavy atom. The lowest BCUT2D eigenvalue weighted by molar-refractivity contribution is -0.139. The Morgan fingerprint density at radius 3 is 2.76 bits per heavy atom. The number of phenols is 1. The monoisotopic (exact) mass is 349 g/mol. The largest absolute Gasteiger partial charge is 0.504 e. The summed E-state index contributed by atoms with van der Waals surface area (Å²) in [6.45, 7) is 6.37. The van der Waals surface area contributed by atoms with E-state index in [1.807, 2.05) is 0 Å². The molecule has 0 fully saturated rings. The number of ether oxygens (including phenoxy) is 2. The number of rotatable bonds is 9. The highest BCUT2D eigenvalue weighted by Crippen LogP contribution is 2.31. The van der Waals surface area contributed by atoms with Crippen LogP contribution in [0.25, 0.3) is 0 Å². The fourth-order valence-corrected chi connectivity index (χ4v) is 1.90. The number of phenolic OH excluding ortho intramolecular Hbond substituents is 1. The molecule has 25 heavy (non-hydrogen) atoms. The molecule has 1 aromatic carbocycles. The minimum Gasteiger partial charge on any atom is -0.504 e. The Hall–Kier alpha value is -2.87. The van der Waals surface area contributed by atoms with E-state index in [4.69, 9.17) is 9.47 Å². The van der Waals surface area contributed by atoms with E-state index in [0.717, 1.165) is 0 Å². The van der Waals surface area contributed by atoms with Gasteiger partial charge in [-0.3, -0.25) is 9.59 Å². The molecule has 0 saturated heterocycles. The third kappa shape index (κ3) is 6.64. The van der Waals surface area contributed by atoms with Gasteiger partial charge in [0.2, 0.25) is 0 Å². The van der Waals surface area contributed by atoms with Crippen molar-refractivity contribution in [2.45, 2.75) is 13.3 Å². The molecule has 0 aromatic heterocycles. The van der Waals surface area contributed by atoms with Gasteiger partial charge in [-0.1, -0.05) is 6.08 Å². The third-order valence-electron chi connectivity index (χ3n) is 3.02. The molecule has 8 heteroatoms. The zero-order chi connectivity index (χ0) is 18.7. The number of aromatic hydroxyl groups is 1. The summed E-state index contributed by atoms with van der Waals surface area (Å²) in [6.07, 6.45) is 3.45. The van der Waals surface area contributed by atoms with E-state index in [2.05, 4.69) is 22.4 Å². The predicted molar refractivity (Wildman–Crippen MR) is 93.8 cm³/mol. The van der Waals surface area contributed by atoms with Crippen molar-refractivity contribution < 1.29 is 24.2 Å². The number of amides is 2. The summed E-state index contributed by atoms with van der Waals surface area (Å²) in [7, 11) is 1.49. The summed E-state index contributed by atoms with van der Waals surface area (Å²) in [5.41, 5.74) is 3.34. The third-order valence-corrected chi connectivity index (χ3v) is 3.02. The molecule has 0 spiro atoms. The van der Waals surface area contributed by atoms with Gasteiger partial charge < -0.3 is 19.9 Å². The second-order valence-corrected chi connectivity index (χ2v) is 4.90. The molecule has 0 saturated carbocycles. The fraction of sp³-hybridized carbons (Fsp3) is 0.353. The van der Waals surface area contributed by atoms with Crippen LogP contribution >= 0.6 is 0 Å². The van der Waals surface area contributed by atoms with Crippen LogP contribution in [0.4, 0.5) is 0 Å². The average Bonchev–Trinajstić information content (AvgIpc) is 2.59. The number of benzene rings is 1. The Morgan fingerprint density at radius 2 is 2.12 bits per heavy atom. The summed E-state index contributed by atoms with van der Waals surface area (Å²) < 4.78 is 10.1. The fourth-order valence-electron chi connectivity index (χ4n) is 1.90. The van der Waals surface area contributed by atoms with Gasteiger partial charge in [-0.15, -0.1) is 6.58 Å². The lowest BCUT2D eigenvalue weighted by atomic mass is 10.1. The Labute approximate surface area is 146 Å². The molecule has 136 valence electrons. The van der Waals surface area contributed by atoms with Crippen LogP contribution in [0.3, 0.4) is 0 Å². The van der Waals surface area contributed by atoms with E-state index in [1.54, 1.807) is 25.1 Å². The van der Waals surface area contributed by atoms with Gasteiger partial charge in [-0.2, -0.15) is 5.10 Å². The molecule has 0 aliphatic carbocycles. The van der Waals surface area contributed by atoms with E-state index in [1.165, 1.54) is 13.3 Å². The molecule has 0 bridgehead atoms. The molecule has 1 aromatic rings. The minimum absolute atomic E-state index is 0.0421. The Kier molecular flexibility index (Phi) is 8.73. The van der Waals surface area contributed by atoms with Crippen LogP contribution in [-0.2, 0) is 20.7 Å². The first-order valence-corrected chi connectivity index (χ1v) is 7.73. The second-order valence-electron chi connectivity index (χ2n) is 4.90. The van der Waals surface area contributed by atoms with Crippen molar-refractivity contribution in [2.24, 2.45) is 5.10 Å². The molecule has 1 rings (SSSR count). The van der Waals surface area contributed by atoms with E-state index < -0.39 is 11.8 Å². The molecule has 0 radical (unpaired) electrons. The molecule has 0 aliphatic heterocycles. The summed E-state index contributed by atoms with van der Waals surface area (Å²) in [5.74, 6) is -1.34. The summed E-state index contributed by atoms with van der Waals surface area (Å²) in [5, 5.41) is 16.2. The van der Waals surface area contributed by atoms with Crippen molar-refractivity contribution in [3.05, 3.63) is 35.9 Å². The van der Waals surface area contributed by atoms with Crippen molar-refractivity contribution in [3.8, 4) is 11.5 Å². The maximum Gasteiger partial charge on any atom is 0.329 e. The molecule has 0 atom stereocenters. The van der Waals surface area contributed by atoms with E-state index in [9.17, 15) is 14.7 Å². The number of hydrazone groups is 1. The number of nitrogens with zero attached hydrogens (tertiary/aromatic N) is 1. The highest BCUT2D eigenvalue weighted by Gasteiger charge is 2.12. The van der Waals surface area contributed by atoms with Crippen LogP contribution in [-0.4, -0.2) is 50.0 Å². The van der Waals surface area contributed by atoms with Crippen LogP contribution in [0.1, 0.15) is 18.1 Å². The first-order valence-electron chi connectivity index (χ1n) is 7.73. The number of hydrogen-bond acceptors (Lipinski definition) is 6. The van der Waals surface area contributed by atoms with Gasteiger partial charge in [0.05, 0.1) is 19.4 Å². The smallest absolute Gasteiger partial charge is 0.329 e. The highest BCUT2D eigenvalue weighted by molar-refractivity contribution is 6.35. The van der Waals surface area contributed by atoms with Crippen LogP contribution in [0.2, 0.25) is 0 Å². The molecular formula is C17H23N3O5. The first-order chi connectivity index (χ1) is 12.0. The summed E-state index contributed by atoms with van der Waals surface area (Å²) >= 11 is 0. The normalized spacial score (nSPS) is 10.5. The van der Waals surface area contributed by atoms with E-state index in [-0.39, 0.29) is 12.3 Å². The molecule has 0 unspecified atom stereocenters. The van der Waals surface area contributed by atoms with Gasteiger partial charge in [-0.25, -0.2) is 5.43 Å². The van der Waals surface area contributed by atoms with Crippen molar-refractivity contribution in [2.75, 3.05) is 26.9 Å². The summed E-state index contributed by atoms with van der Waals surface area (Å²) in [4.78, 5) is 23.0. The molecule has 0 heterocycles. The van der Waals surface area contributed by atoms with E-state index in [0.29, 0.717) is 36.5 Å². The zero-order valence-electron chi connectivity index (χ0n) is 14.4. The van der Waals surface area contributed by atoms with Crippen LogP contribution in [0.5, 0.6) is 11.5 Å². The van der Waals surface area contributed by atoms with Crippen molar-refractivity contribution in [3.63, 3.8) is 0 Å². The van der Waals surface area contributed by atoms with Gasteiger partial charge >= 0.3 is 11.8 Å². The van der Waals surface area contributed by atoms with Gasteiger partial charge in [-0.05, 0) is 31.0 Å². The van der Waals surface area contributed by atoms with Crippen LogP contribution < -0.4 is 15.5 Å². The lowest BCUT2D eigenvalue weighted by Gasteiger charge is -2.10. The number of carbonyl (C=O) groups excluding carboxylic acids is 2. The summed E-state index contributed by atoms with van der Waals surface area (Å²) in [6, 6.07) is 3.27. The number of methoxy groups -OCH3 is 1. The van der Waals surface area contributed by atoms with E-state index >= 15 is 0 Å². The van der Waals surface area contributed by atoms with Gasteiger partial charge in [0.15, 0.2) is 11.5 Å². The molecule has 0 aliphatic rings. The average molecular weight is 349 g/mol. The molecule has 8 nitrogen and oxygen atoms in total. The van der Waals surface area contributed by atoms with Gasteiger partial charge in [0, 0.05) is 19.2 Å². The Balaban J connectivity index is 2.77. The van der Waals surface area contributed by atoms with Crippen molar-refractivity contribution >= 4 is 18.0 Å². The number of nitrogens with one attached hydrogen (secondary N) is 2. The highest BCUT2D eigenvalue weighted by atomic mass is 16.5. The topological polar surface area (TPSA) is 109 Å². The molecular weight excluding hydrogens is 326 g/mol. The standard InChI is InChI=1S/C17H23N3O5/c1-4-6-13-9-12(10-14(15(13)21)25-5-2)11-19-20-17(23)16(22)18-7-8-24-3/h4,9-11,21H,1,5-8H2,2-3H3,(H,18,22)(H,20,23)/b19-11+. The predicted octanol–water partition coefficient (Wildman–Crippen LogP) is 0.732. The number of carbonyl (C=O) groups is 2. The lowest BCUT2D eigenvalue weighted by Crippen LogP contribution is -2.39. The zero-order valence-corrected chi connectivity index (χ0v) is 14.4. The quantitative estimate of drug-likeness (QED) is 0.200. The first kappa shape index (κ1) is 20.2.